The molecular weight excluding hydrogens is 510 g/mol. The van der Waals surface area contributed by atoms with Gasteiger partial charge < -0.3 is 10.2 Å². The number of para-hydroxylation sites is 1. The van der Waals surface area contributed by atoms with Crippen molar-refractivity contribution in [3.63, 3.8) is 0 Å². The minimum Gasteiger partial charge on any atom is -0.354 e. The van der Waals surface area contributed by atoms with E-state index >= 15 is 0 Å². The highest BCUT2D eigenvalue weighted by molar-refractivity contribution is 7.92. The molecule has 8 heteroatoms. The van der Waals surface area contributed by atoms with E-state index in [-0.39, 0.29) is 17.3 Å². The van der Waals surface area contributed by atoms with E-state index in [1.807, 2.05) is 64.1 Å². The lowest BCUT2D eigenvalue weighted by atomic mass is 10.1. The molecule has 0 bridgehead atoms. The third-order valence-electron chi connectivity index (χ3n) is 6.62. The minimum absolute atomic E-state index is 0.0988. The van der Waals surface area contributed by atoms with E-state index in [0.717, 1.165) is 23.1 Å². The van der Waals surface area contributed by atoms with Crippen LogP contribution in [0.15, 0.2) is 83.8 Å². The van der Waals surface area contributed by atoms with Crippen LogP contribution in [0, 0.1) is 6.92 Å². The molecule has 3 rings (SSSR count). The number of anilines is 1. The Hall–Kier alpha value is -3.65. The summed E-state index contributed by atoms with van der Waals surface area (Å²) in [6.45, 7) is 8.00. The van der Waals surface area contributed by atoms with Crippen molar-refractivity contribution in [1.29, 1.82) is 0 Å². The van der Waals surface area contributed by atoms with E-state index in [4.69, 9.17) is 0 Å². The Morgan fingerprint density at radius 3 is 2.23 bits per heavy atom. The molecule has 0 saturated carbocycles. The van der Waals surface area contributed by atoms with Crippen molar-refractivity contribution in [3.05, 3.63) is 95.6 Å². The summed E-state index contributed by atoms with van der Waals surface area (Å²) < 4.78 is 29.1. The monoisotopic (exact) mass is 549 g/mol. The van der Waals surface area contributed by atoms with Gasteiger partial charge in [0.2, 0.25) is 11.8 Å². The van der Waals surface area contributed by atoms with Crippen LogP contribution >= 0.6 is 0 Å². The average molecular weight is 550 g/mol. The van der Waals surface area contributed by atoms with Crippen LogP contribution in [-0.2, 0) is 32.6 Å². The van der Waals surface area contributed by atoms with E-state index in [2.05, 4.69) is 5.32 Å². The smallest absolute Gasteiger partial charge is 0.264 e. The maximum Gasteiger partial charge on any atom is 0.264 e. The lowest BCUT2D eigenvalue weighted by Gasteiger charge is -2.33. The molecule has 3 aromatic carbocycles. The summed E-state index contributed by atoms with van der Waals surface area (Å²) in [6.07, 6.45) is 1.75. The second-order valence-corrected chi connectivity index (χ2v) is 11.4. The van der Waals surface area contributed by atoms with E-state index in [0.29, 0.717) is 25.1 Å². The second kappa shape index (κ2) is 13.9. The average Bonchev–Trinajstić information content (AvgIpc) is 2.95. The van der Waals surface area contributed by atoms with E-state index in [9.17, 15) is 18.0 Å². The molecule has 0 saturated heterocycles. The molecule has 0 aliphatic carbocycles. The Morgan fingerprint density at radius 1 is 0.897 bits per heavy atom. The summed E-state index contributed by atoms with van der Waals surface area (Å²) in [6, 6.07) is 22.4. The van der Waals surface area contributed by atoms with Crippen LogP contribution < -0.4 is 9.62 Å². The molecular formula is C31H39N3O4S. The van der Waals surface area contributed by atoms with Gasteiger partial charge in [-0.25, -0.2) is 8.42 Å². The molecule has 39 heavy (non-hydrogen) atoms. The van der Waals surface area contributed by atoms with Crippen LogP contribution in [0.1, 0.15) is 50.3 Å². The molecule has 0 spiro atoms. The van der Waals surface area contributed by atoms with Crippen LogP contribution in [0.2, 0.25) is 0 Å². The largest absolute Gasteiger partial charge is 0.354 e. The molecule has 0 aromatic heterocycles. The van der Waals surface area contributed by atoms with E-state index in [1.165, 1.54) is 21.3 Å². The highest BCUT2D eigenvalue weighted by atomic mass is 32.2. The van der Waals surface area contributed by atoms with Crippen molar-refractivity contribution in [2.45, 2.75) is 64.4 Å². The number of hydrogen-bond acceptors (Lipinski definition) is 4. The zero-order chi connectivity index (χ0) is 28.4. The first-order chi connectivity index (χ1) is 18.7. The molecule has 1 unspecified atom stereocenters. The summed E-state index contributed by atoms with van der Waals surface area (Å²) in [5.74, 6) is -0.688. The number of carbonyl (C=O) groups excluding carboxylic acids is 2. The zero-order valence-electron chi connectivity index (χ0n) is 23.3. The SMILES string of the molecule is CCCNC(=O)C(CC)N(Cc1cccc(C)c1)C(=O)CN(c1ccccc1CC)S(=O)(=O)c1ccccc1. The third kappa shape index (κ3) is 7.47. The second-order valence-electron chi connectivity index (χ2n) is 9.53. The highest BCUT2D eigenvalue weighted by Crippen LogP contribution is 2.28. The molecule has 1 N–H and O–H groups in total. The fourth-order valence-corrected chi connectivity index (χ4v) is 6.05. The summed E-state index contributed by atoms with van der Waals surface area (Å²) in [7, 11) is -4.08. The number of rotatable bonds is 13. The fraction of sp³-hybridized carbons (Fsp3) is 0.355. The van der Waals surface area contributed by atoms with Gasteiger partial charge >= 0.3 is 0 Å². The Kier molecular flexibility index (Phi) is 10.7. The van der Waals surface area contributed by atoms with Crippen molar-refractivity contribution in [2.75, 3.05) is 17.4 Å². The van der Waals surface area contributed by atoms with Crippen LogP contribution in [0.25, 0.3) is 0 Å². The van der Waals surface area contributed by atoms with Gasteiger partial charge in [0, 0.05) is 13.1 Å². The first-order valence-electron chi connectivity index (χ1n) is 13.5. The van der Waals surface area contributed by atoms with E-state index < -0.39 is 28.5 Å². The quantitative estimate of drug-likeness (QED) is 0.322. The zero-order valence-corrected chi connectivity index (χ0v) is 24.1. The third-order valence-corrected chi connectivity index (χ3v) is 8.40. The number of nitrogens with zero attached hydrogens (tertiary/aromatic N) is 2. The number of aryl methyl sites for hydroxylation is 2. The first-order valence-corrected chi connectivity index (χ1v) is 14.9. The molecule has 208 valence electrons. The summed E-state index contributed by atoms with van der Waals surface area (Å²) in [4.78, 5) is 28.9. The van der Waals surface area contributed by atoms with Crippen LogP contribution in [-0.4, -0.2) is 44.3 Å². The van der Waals surface area contributed by atoms with Gasteiger partial charge in [-0.15, -0.1) is 0 Å². The Bertz CT molecular complexity index is 1360. The number of benzene rings is 3. The van der Waals surface area contributed by atoms with Gasteiger partial charge in [0.05, 0.1) is 10.6 Å². The van der Waals surface area contributed by atoms with Crippen molar-refractivity contribution >= 4 is 27.5 Å². The lowest BCUT2D eigenvalue weighted by Crippen LogP contribution is -2.52. The standard InChI is InChI=1S/C31H39N3O4S/c1-5-20-32-31(36)28(7-3)33(22-25-15-13-14-24(4)21-25)30(35)23-34(29-19-12-11-16-26(29)6-2)39(37,38)27-17-9-8-10-18-27/h8-19,21,28H,5-7,20,22-23H2,1-4H3,(H,32,36). The summed E-state index contributed by atoms with van der Waals surface area (Å²) in [5.41, 5.74) is 3.17. The molecule has 0 heterocycles. The minimum atomic E-state index is -4.08. The number of amides is 2. The van der Waals surface area contributed by atoms with Gasteiger partial charge in [0.25, 0.3) is 10.0 Å². The molecule has 0 aliphatic heterocycles. The summed E-state index contributed by atoms with van der Waals surface area (Å²) in [5, 5.41) is 2.91. The van der Waals surface area contributed by atoms with Gasteiger partial charge in [-0.3, -0.25) is 13.9 Å². The van der Waals surface area contributed by atoms with Crippen molar-refractivity contribution in [2.24, 2.45) is 0 Å². The predicted molar refractivity (Wildman–Crippen MR) is 156 cm³/mol. The van der Waals surface area contributed by atoms with Gasteiger partial charge in [-0.2, -0.15) is 0 Å². The number of sulfonamides is 1. The predicted octanol–water partition coefficient (Wildman–Crippen LogP) is 5.09. The number of hydrogen-bond donors (Lipinski definition) is 1. The molecule has 0 aliphatic rings. The number of nitrogens with one attached hydrogen (secondary N) is 1. The van der Waals surface area contributed by atoms with Crippen LogP contribution in [0.5, 0.6) is 0 Å². The normalized spacial score (nSPS) is 12.0. The van der Waals surface area contributed by atoms with Gasteiger partial charge in [0.15, 0.2) is 0 Å². The Balaban J connectivity index is 2.08. The fourth-order valence-electron chi connectivity index (χ4n) is 4.58. The van der Waals surface area contributed by atoms with Gasteiger partial charge in [-0.05, 0) is 55.5 Å². The Morgan fingerprint density at radius 2 is 1.59 bits per heavy atom. The van der Waals surface area contributed by atoms with Gasteiger partial charge in [-0.1, -0.05) is 87.0 Å². The maximum absolute atomic E-state index is 14.1. The van der Waals surface area contributed by atoms with E-state index in [1.54, 1.807) is 30.3 Å². The first kappa shape index (κ1) is 29.9. The molecule has 1 atom stereocenters. The van der Waals surface area contributed by atoms with Crippen molar-refractivity contribution < 1.29 is 18.0 Å². The molecule has 3 aromatic rings. The topological polar surface area (TPSA) is 86.8 Å². The number of carbonyl (C=O) groups is 2. The van der Waals surface area contributed by atoms with Crippen LogP contribution in [0.3, 0.4) is 0 Å². The van der Waals surface area contributed by atoms with Crippen LogP contribution in [0.4, 0.5) is 5.69 Å². The molecule has 0 fully saturated rings. The van der Waals surface area contributed by atoms with Gasteiger partial charge in [0.1, 0.15) is 12.6 Å². The maximum atomic E-state index is 14.1. The van der Waals surface area contributed by atoms with Crippen molar-refractivity contribution in [1.82, 2.24) is 10.2 Å². The van der Waals surface area contributed by atoms with Crippen molar-refractivity contribution in [3.8, 4) is 0 Å². The highest BCUT2D eigenvalue weighted by Gasteiger charge is 2.34. The Labute approximate surface area is 232 Å². The molecule has 7 nitrogen and oxygen atoms in total. The lowest BCUT2D eigenvalue weighted by molar-refractivity contribution is -0.140. The molecule has 0 radical (unpaired) electrons. The summed E-state index contributed by atoms with van der Waals surface area (Å²) >= 11 is 0. The molecule has 2 amide bonds.